The van der Waals surface area contributed by atoms with Crippen molar-refractivity contribution in [3.63, 3.8) is 0 Å². The molecule has 1 N–H and O–H groups in total. The molecule has 0 atom stereocenters. The van der Waals surface area contributed by atoms with Crippen LogP contribution in [0.15, 0.2) is 28.8 Å². The van der Waals surface area contributed by atoms with Gasteiger partial charge in [-0.3, -0.25) is 0 Å². The molecule has 1 aromatic carbocycles. The number of benzene rings is 1. The minimum atomic E-state index is 0.550. The first-order valence-electron chi connectivity index (χ1n) is 5.48. The highest BCUT2D eigenvalue weighted by atomic mass is 16.4. The van der Waals surface area contributed by atoms with Gasteiger partial charge in [-0.05, 0) is 37.5 Å². The first-order valence-corrected chi connectivity index (χ1v) is 5.48. The maximum absolute atomic E-state index is 5.39. The topological polar surface area (TPSA) is 38.1 Å². The largest absolute Gasteiger partial charge is 0.429 e. The Morgan fingerprint density at radius 1 is 1.31 bits per heavy atom. The number of aromatic nitrogens is 1. The van der Waals surface area contributed by atoms with Crippen LogP contribution < -0.4 is 5.32 Å². The Labute approximate surface area is 95.5 Å². The zero-order valence-corrected chi connectivity index (χ0v) is 9.87. The number of hydrogen-bond acceptors (Lipinski definition) is 3. The summed E-state index contributed by atoms with van der Waals surface area (Å²) in [7, 11) is 0. The summed E-state index contributed by atoms with van der Waals surface area (Å²) in [6.45, 7) is 6.14. The fraction of sp³-hybridized carbons (Fsp3) is 0.308. The highest BCUT2D eigenvalue weighted by Crippen LogP contribution is 2.23. The molecular formula is C13H16N2O. The average Bonchev–Trinajstić information content (AvgIpc) is 2.67. The molecule has 0 bridgehead atoms. The van der Waals surface area contributed by atoms with Gasteiger partial charge in [0.15, 0.2) is 0 Å². The van der Waals surface area contributed by atoms with Crippen LogP contribution >= 0.6 is 0 Å². The fourth-order valence-electron chi connectivity index (χ4n) is 1.73. The van der Waals surface area contributed by atoms with Gasteiger partial charge in [0.1, 0.15) is 5.76 Å². The number of aryl methyl sites for hydroxylation is 2. The summed E-state index contributed by atoms with van der Waals surface area (Å²) in [5.41, 5.74) is 3.65. The van der Waals surface area contributed by atoms with E-state index >= 15 is 0 Å². The fourth-order valence-corrected chi connectivity index (χ4v) is 1.73. The molecule has 16 heavy (non-hydrogen) atoms. The first kappa shape index (κ1) is 10.7. The molecule has 0 spiro atoms. The second-order valence-electron chi connectivity index (χ2n) is 3.84. The number of rotatable bonds is 3. The van der Waals surface area contributed by atoms with Crippen LogP contribution in [-0.2, 0) is 6.42 Å². The van der Waals surface area contributed by atoms with Crippen LogP contribution in [0.25, 0.3) is 0 Å². The van der Waals surface area contributed by atoms with Gasteiger partial charge in [0, 0.05) is 5.69 Å². The number of hydrogen-bond donors (Lipinski definition) is 1. The van der Waals surface area contributed by atoms with E-state index < -0.39 is 0 Å². The summed E-state index contributed by atoms with van der Waals surface area (Å²) in [4.78, 5) is 4.13. The summed E-state index contributed by atoms with van der Waals surface area (Å²) in [5.74, 6) is 0.812. The quantitative estimate of drug-likeness (QED) is 0.851. The number of oxazole rings is 1. The van der Waals surface area contributed by atoms with E-state index in [1.54, 1.807) is 6.20 Å². The second-order valence-corrected chi connectivity index (χ2v) is 3.84. The summed E-state index contributed by atoms with van der Waals surface area (Å²) < 4.78 is 5.39. The van der Waals surface area contributed by atoms with Gasteiger partial charge in [0.2, 0.25) is 0 Å². The number of nitrogens with one attached hydrogen (secondary N) is 1. The minimum absolute atomic E-state index is 0.550. The van der Waals surface area contributed by atoms with Gasteiger partial charge in [-0.2, -0.15) is 0 Å². The van der Waals surface area contributed by atoms with Gasteiger partial charge >= 0.3 is 0 Å². The Kier molecular flexibility index (Phi) is 2.95. The van der Waals surface area contributed by atoms with E-state index in [1.165, 1.54) is 11.1 Å². The van der Waals surface area contributed by atoms with Crippen molar-refractivity contribution in [2.24, 2.45) is 0 Å². The highest BCUT2D eigenvalue weighted by Gasteiger charge is 2.05. The van der Waals surface area contributed by atoms with Gasteiger partial charge in [0.05, 0.1) is 6.20 Å². The third kappa shape index (κ3) is 2.08. The Hall–Kier alpha value is -1.77. The Balaban J connectivity index is 2.28. The SMILES string of the molecule is CCc1cccc(Nc2ncc(C)o2)c1C. The van der Waals surface area contributed by atoms with Crippen LogP contribution in [0.1, 0.15) is 23.8 Å². The molecule has 0 amide bonds. The number of nitrogens with zero attached hydrogens (tertiary/aromatic N) is 1. The van der Waals surface area contributed by atoms with Crippen molar-refractivity contribution in [1.82, 2.24) is 4.98 Å². The first-order chi connectivity index (χ1) is 7.70. The van der Waals surface area contributed by atoms with Crippen LogP contribution in [0.3, 0.4) is 0 Å². The molecule has 0 saturated carbocycles. The summed E-state index contributed by atoms with van der Waals surface area (Å²) in [6, 6.07) is 6.77. The lowest BCUT2D eigenvalue weighted by Crippen LogP contribution is -1.96. The predicted molar refractivity (Wildman–Crippen MR) is 65.1 cm³/mol. The van der Waals surface area contributed by atoms with E-state index in [0.29, 0.717) is 6.01 Å². The maximum atomic E-state index is 5.39. The molecule has 84 valence electrons. The van der Waals surface area contributed by atoms with Gasteiger partial charge in [-0.15, -0.1) is 0 Å². The molecule has 0 aliphatic rings. The van der Waals surface area contributed by atoms with E-state index in [-0.39, 0.29) is 0 Å². The van der Waals surface area contributed by atoms with Gasteiger partial charge in [-0.1, -0.05) is 19.1 Å². The Morgan fingerprint density at radius 3 is 2.75 bits per heavy atom. The third-order valence-electron chi connectivity index (χ3n) is 2.69. The van der Waals surface area contributed by atoms with Crippen molar-refractivity contribution in [2.45, 2.75) is 27.2 Å². The maximum Gasteiger partial charge on any atom is 0.299 e. The summed E-state index contributed by atoms with van der Waals surface area (Å²) >= 11 is 0. The van der Waals surface area contributed by atoms with Gasteiger partial charge in [0.25, 0.3) is 6.01 Å². The number of anilines is 2. The average molecular weight is 216 g/mol. The van der Waals surface area contributed by atoms with Crippen LogP contribution in [0.2, 0.25) is 0 Å². The van der Waals surface area contributed by atoms with E-state index in [1.807, 2.05) is 19.1 Å². The van der Waals surface area contributed by atoms with Crippen LogP contribution in [0, 0.1) is 13.8 Å². The van der Waals surface area contributed by atoms with Gasteiger partial charge in [-0.25, -0.2) is 4.98 Å². The molecule has 0 aliphatic heterocycles. The van der Waals surface area contributed by atoms with E-state index in [2.05, 4.69) is 30.2 Å². The molecule has 1 heterocycles. The Bertz CT molecular complexity index is 488. The molecule has 2 rings (SSSR count). The predicted octanol–water partition coefficient (Wildman–Crippen LogP) is 3.60. The zero-order chi connectivity index (χ0) is 11.5. The smallest absolute Gasteiger partial charge is 0.299 e. The molecular weight excluding hydrogens is 200 g/mol. The molecule has 0 unspecified atom stereocenters. The van der Waals surface area contributed by atoms with Crippen molar-refractivity contribution >= 4 is 11.7 Å². The van der Waals surface area contributed by atoms with E-state index in [0.717, 1.165) is 17.9 Å². The molecule has 3 nitrogen and oxygen atoms in total. The summed E-state index contributed by atoms with van der Waals surface area (Å²) in [5, 5.41) is 3.19. The zero-order valence-electron chi connectivity index (χ0n) is 9.87. The van der Waals surface area contributed by atoms with Crippen molar-refractivity contribution in [1.29, 1.82) is 0 Å². The molecule has 0 radical (unpaired) electrons. The highest BCUT2D eigenvalue weighted by molar-refractivity contribution is 5.59. The molecule has 3 heteroatoms. The van der Waals surface area contributed by atoms with Crippen molar-refractivity contribution in [3.05, 3.63) is 41.3 Å². The Morgan fingerprint density at radius 2 is 2.12 bits per heavy atom. The van der Waals surface area contributed by atoms with Crippen molar-refractivity contribution < 1.29 is 4.42 Å². The van der Waals surface area contributed by atoms with Crippen LogP contribution in [0.5, 0.6) is 0 Å². The molecule has 2 aromatic rings. The third-order valence-corrected chi connectivity index (χ3v) is 2.69. The normalized spacial score (nSPS) is 10.4. The molecule has 0 aliphatic carbocycles. The monoisotopic (exact) mass is 216 g/mol. The minimum Gasteiger partial charge on any atom is -0.429 e. The second kappa shape index (κ2) is 4.39. The molecule has 0 saturated heterocycles. The molecule has 1 aromatic heterocycles. The van der Waals surface area contributed by atoms with E-state index in [9.17, 15) is 0 Å². The standard InChI is InChI=1S/C13H16N2O/c1-4-11-6-5-7-12(10(11)3)15-13-14-8-9(2)16-13/h5-8H,4H2,1-3H3,(H,14,15). The van der Waals surface area contributed by atoms with Crippen molar-refractivity contribution in [2.75, 3.05) is 5.32 Å². The molecule has 0 fully saturated rings. The lowest BCUT2D eigenvalue weighted by atomic mass is 10.0. The summed E-state index contributed by atoms with van der Waals surface area (Å²) in [6.07, 6.45) is 2.74. The van der Waals surface area contributed by atoms with E-state index in [4.69, 9.17) is 4.42 Å². The van der Waals surface area contributed by atoms with Crippen molar-refractivity contribution in [3.8, 4) is 0 Å². The van der Waals surface area contributed by atoms with Crippen LogP contribution in [0.4, 0.5) is 11.7 Å². The lowest BCUT2D eigenvalue weighted by Gasteiger charge is -2.09. The van der Waals surface area contributed by atoms with Gasteiger partial charge < -0.3 is 9.73 Å². The lowest BCUT2D eigenvalue weighted by molar-refractivity contribution is 0.545. The van der Waals surface area contributed by atoms with Crippen LogP contribution in [-0.4, -0.2) is 4.98 Å².